The minimum atomic E-state index is -0.787. The van der Waals surface area contributed by atoms with Crippen molar-refractivity contribution in [1.29, 1.82) is 0 Å². The summed E-state index contributed by atoms with van der Waals surface area (Å²) in [4.78, 5) is 0. The molecular weight excluding hydrogens is 304 g/mol. The fourth-order valence-electron chi connectivity index (χ4n) is 3.02. The molecule has 4 nitrogen and oxygen atoms in total. The van der Waals surface area contributed by atoms with Gasteiger partial charge >= 0.3 is 0 Å². The van der Waals surface area contributed by atoms with Gasteiger partial charge in [0.1, 0.15) is 5.75 Å². The fraction of sp³-hybridized carbons (Fsp3) is 0.100. The van der Waals surface area contributed by atoms with E-state index in [4.69, 9.17) is 0 Å². The van der Waals surface area contributed by atoms with Crippen LogP contribution in [0.15, 0.2) is 66.7 Å². The van der Waals surface area contributed by atoms with Crippen molar-refractivity contribution in [2.24, 2.45) is 0 Å². The summed E-state index contributed by atoms with van der Waals surface area (Å²) >= 11 is 0. The number of rotatable bonds is 3. The van der Waals surface area contributed by atoms with Crippen LogP contribution in [0.2, 0.25) is 0 Å². The van der Waals surface area contributed by atoms with Gasteiger partial charge in [0, 0.05) is 11.0 Å². The predicted octanol–water partition coefficient (Wildman–Crippen LogP) is 3.86. The number of hydrogen-bond donors (Lipinski definition) is 4. The molecule has 1 unspecified atom stereocenters. The van der Waals surface area contributed by atoms with Crippen molar-refractivity contribution in [3.8, 4) is 23.0 Å². The quantitative estimate of drug-likeness (QED) is 0.436. The Morgan fingerprint density at radius 3 is 1.83 bits per heavy atom. The Bertz CT molecular complexity index is 857. The highest BCUT2D eigenvalue weighted by Crippen LogP contribution is 2.48. The van der Waals surface area contributed by atoms with Gasteiger partial charge in [0.25, 0.3) is 0 Å². The zero-order valence-electron chi connectivity index (χ0n) is 13.1. The first-order valence-electron chi connectivity index (χ1n) is 7.54. The Labute approximate surface area is 139 Å². The van der Waals surface area contributed by atoms with Gasteiger partial charge in [-0.15, -0.1) is 0 Å². The number of phenolic OH excluding ortho intramolecular Hbond substituents is 4. The molecule has 0 amide bonds. The molecule has 3 rings (SSSR count). The lowest BCUT2D eigenvalue weighted by Gasteiger charge is -2.32. The molecular formula is C20H18O4. The molecule has 122 valence electrons. The monoisotopic (exact) mass is 322 g/mol. The van der Waals surface area contributed by atoms with Gasteiger partial charge in [-0.1, -0.05) is 48.5 Å². The highest BCUT2D eigenvalue weighted by Gasteiger charge is 2.35. The number of hydrogen-bond acceptors (Lipinski definition) is 4. The van der Waals surface area contributed by atoms with E-state index in [1.807, 2.05) is 37.3 Å². The molecule has 0 aliphatic rings. The van der Waals surface area contributed by atoms with Gasteiger partial charge in [-0.25, -0.2) is 0 Å². The van der Waals surface area contributed by atoms with Gasteiger partial charge in [0.05, 0.1) is 0 Å². The Balaban J connectivity index is 2.31. The Morgan fingerprint density at radius 2 is 1.21 bits per heavy atom. The van der Waals surface area contributed by atoms with Crippen LogP contribution in [0.4, 0.5) is 0 Å². The van der Waals surface area contributed by atoms with Crippen molar-refractivity contribution in [3.05, 3.63) is 83.4 Å². The van der Waals surface area contributed by atoms with Crippen molar-refractivity contribution in [2.45, 2.75) is 12.3 Å². The molecule has 0 aliphatic heterocycles. The van der Waals surface area contributed by atoms with Crippen LogP contribution in [0.25, 0.3) is 0 Å². The van der Waals surface area contributed by atoms with E-state index in [1.54, 1.807) is 30.3 Å². The van der Waals surface area contributed by atoms with Crippen LogP contribution in [0, 0.1) is 0 Å². The molecule has 3 aromatic rings. The smallest absolute Gasteiger partial charge is 0.200 e. The zero-order chi connectivity index (χ0) is 17.3. The molecule has 0 saturated heterocycles. The van der Waals surface area contributed by atoms with E-state index in [0.717, 1.165) is 11.1 Å². The van der Waals surface area contributed by atoms with Gasteiger partial charge in [-0.05, 0) is 36.2 Å². The highest BCUT2D eigenvalue weighted by atomic mass is 16.3. The molecule has 4 N–H and O–H groups in total. The van der Waals surface area contributed by atoms with Crippen LogP contribution in [-0.4, -0.2) is 20.4 Å². The summed E-state index contributed by atoms with van der Waals surface area (Å²) in [5.74, 6) is -1.15. The largest absolute Gasteiger partial charge is 0.508 e. The number of aromatic hydroxyl groups is 4. The van der Waals surface area contributed by atoms with E-state index < -0.39 is 11.2 Å². The average Bonchev–Trinajstić information content (AvgIpc) is 2.60. The molecule has 0 radical (unpaired) electrons. The van der Waals surface area contributed by atoms with Crippen LogP contribution in [0.1, 0.15) is 23.6 Å². The van der Waals surface area contributed by atoms with Crippen molar-refractivity contribution in [2.75, 3.05) is 0 Å². The third-order valence-corrected chi connectivity index (χ3v) is 4.46. The summed E-state index contributed by atoms with van der Waals surface area (Å²) in [7, 11) is 0. The molecule has 3 aromatic carbocycles. The van der Waals surface area contributed by atoms with E-state index in [1.165, 1.54) is 6.07 Å². The lowest BCUT2D eigenvalue weighted by Crippen LogP contribution is -2.25. The van der Waals surface area contributed by atoms with Crippen LogP contribution in [0.3, 0.4) is 0 Å². The molecule has 24 heavy (non-hydrogen) atoms. The first-order valence-corrected chi connectivity index (χ1v) is 7.54. The maximum absolute atomic E-state index is 10.4. The summed E-state index contributed by atoms with van der Waals surface area (Å²) in [5, 5.41) is 39.6. The maximum Gasteiger partial charge on any atom is 0.200 e. The molecule has 0 fully saturated rings. The van der Waals surface area contributed by atoms with Gasteiger partial charge in [0.15, 0.2) is 11.5 Å². The second-order valence-corrected chi connectivity index (χ2v) is 5.87. The first-order chi connectivity index (χ1) is 11.4. The van der Waals surface area contributed by atoms with E-state index in [-0.39, 0.29) is 17.2 Å². The maximum atomic E-state index is 10.4. The van der Waals surface area contributed by atoms with E-state index in [2.05, 4.69) is 0 Å². The van der Waals surface area contributed by atoms with E-state index in [0.29, 0.717) is 5.56 Å². The summed E-state index contributed by atoms with van der Waals surface area (Å²) in [6.07, 6.45) is 0. The van der Waals surface area contributed by atoms with Crippen LogP contribution < -0.4 is 0 Å². The second kappa shape index (κ2) is 5.81. The summed E-state index contributed by atoms with van der Waals surface area (Å²) in [6, 6.07) is 19.2. The third-order valence-electron chi connectivity index (χ3n) is 4.46. The Hall–Kier alpha value is -3.14. The van der Waals surface area contributed by atoms with Crippen molar-refractivity contribution in [1.82, 2.24) is 0 Å². The molecule has 0 aliphatic carbocycles. The molecule has 0 saturated carbocycles. The van der Waals surface area contributed by atoms with E-state index in [9.17, 15) is 20.4 Å². The Kier molecular flexibility index (Phi) is 3.81. The van der Waals surface area contributed by atoms with Crippen molar-refractivity contribution in [3.63, 3.8) is 0 Å². The first kappa shape index (κ1) is 15.7. The number of phenols is 4. The minimum absolute atomic E-state index is 0.145. The third kappa shape index (κ3) is 2.42. The Morgan fingerprint density at radius 1 is 0.625 bits per heavy atom. The molecule has 0 bridgehead atoms. The SMILES string of the molecule is CC(c1ccccc1)(c1ccc(O)cc1)c1ccc(O)c(O)c1O. The van der Waals surface area contributed by atoms with Crippen molar-refractivity contribution >= 4 is 0 Å². The predicted molar refractivity (Wildman–Crippen MR) is 91.5 cm³/mol. The van der Waals surface area contributed by atoms with Gasteiger partial charge < -0.3 is 20.4 Å². The van der Waals surface area contributed by atoms with Gasteiger partial charge in [-0.3, -0.25) is 0 Å². The summed E-state index contributed by atoms with van der Waals surface area (Å²) < 4.78 is 0. The normalized spacial score (nSPS) is 13.4. The van der Waals surface area contributed by atoms with Crippen LogP contribution >= 0.6 is 0 Å². The van der Waals surface area contributed by atoms with Gasteiger partial charge in [0.2, 0.25) is 5.75 Å². The lowest BCUT2D eigenvalue weighted by atomic mass is 9.70. The highest BCUT2D eigenvalue weighted by molar-refractivity contribution is 5.61. The molecule has 4 heteroatoms. The molecule has 1 atom stereocenters. The van der Waals surface area contributed by atoms with Crippen LogP contribution in [-0.2, 0) is 5.41 Å². The topological polar surface area (TPSA) is 80.9 Å². The molecule has 0 spiro atoms. The van der Waals surface area contributed by atoms with Crippen molar-refractivity contribution < 1.29 is 20.4 Å². The standard InChI is InChI=1S/C20H18O4/c1-20(13-5-3-2-4-6-13,14-7-9-15(21)10-8-14)16-11-12-17(22)19(24)18(16)23/h2-12,21-24H,1H3. The van der Waals surface area contributed by atoms with E-state index >= 15 is 0 Å². The van der Waals surface area contributed by atoms with Crippen LogP contribution in [0.5, 0.6) is 23.0 Å². The zero-order valence-corrected chi connectivity index (χ0v) is 13.1. The summed E-state index contributed by atoms with van der Waals surface area (Å²) in [5.41, 5.74) is 1.39. The fourth-order valence-corrected chi connectivity index (χ4v) is 3.02. The second-order valence-electron chi connectivity index (χ2n) is 5.87. The molecule has 0 heterocycles. The number of benzene rings is 3. The molecule has 0 aromatic heterocycles. The lowest BCUT2D eigenvalue weighted by molar-refractivity contribution is 0.361. The van der Waals surface area contributed by atoms with Gasteiger partial charge in [-0.2, -0.15) is 0 Å². The minimum Gasteiger partial charge on any atom is -0.508 e. The average molecular weight is 322 g/mol. The summed E-state index contributed by atoms with van der Waals surface area (Å²) in [6.45, 7) is 1.92.